The fourth-order valence-corrected chi connectivity index (χ4v) is 3.57. The van der Waals surface area contributed by atoms with E-state index in [0.29, 0.717) is 0 Å². The van der Waals surface area contributed by atoms with Gasteiger partial charge in [-0.15, -0.1) is 0 Å². The molecule has 3 aromatic rings. The van der Waals surface area contributed by atoms with Crippen molar-refractivity contribution in [3.05, 3.63) is 72.2 Å². The monoisotopic (exact) mass is 346 g/mol. The zero-order valence-electron chi connectivity index (χ0n) is 14.7. The number of imidazole rings is 1. The number of nitrogens with zero attached hydrogens (tertiary/aromatic N) is 2. The first-order valence-electron chi connectivity index (χ1n) is 8.92. The molecule has 0 radical (unpaired) electrons. The number of aromatic nitrogens is 2. The van der Waals surface area contributed by atoms with Gasteiger partial charge < -0.3 is 15.6 Å². The molecule has 2 atom stereocenters. The van der Waals surface area contributed by atoms with Crippen LogP contribution in [-0.4, -0.2) is 21.9 Å². The fraction of sp³-hybridized carbons (Fsp3) is 0.238. The number of carbonyl (C=O) groups is 1. The van der Waals surface area contributed by atoms with Crippen LogP contribution in [0, 0.1) is 0 Å². The highest BCUT2D eigenvalue weighted by atomic mass is 16.2. The van der Waals surface area contributed by atoms with Gasteiger partial charge in [-0.05, 0) is 37.0 Å². The number of para-hydroxylation sites is 1. The smallest absolute Gasteiger partial charge is 0.244 e. The van der Waals surface area contributed by atoms with Crippen molar-refractivity contribution in [2.45, 2.75) is 31.8 Å². The molecular formula is C21H22N4O. The highest BCUT2D eigenvalue weighted by Crippen LogP contribution is 2.38. The molecule has 132 valence electrons. The Hall–Kier alpha value is -2.92. The molecule has 4 rings (SSSR count). The molecule has 1 aromatic heterocycles. The van der Waals surface area contributed by atoms with Crippen molar-refractivity contribution in [2.75, 3.05) is 4.90 Å². The predicted molar refractivity (Wildman–Crippen MR) is 103 cm³/mol. The Morgan fingerprint density at radius 2 is 1.92 bits per heavy atom. The summed E-state index contributed by atoms with van der Waals surface area (Å²) < 4.78 is 0. The summed E-state index contributed by atoms with van der Waals surface area (Å²) in [5.74, 6) is 0.715. The second-order valence-corrected chi connectivity index (χ2v) is 6.73. The zero-order chi connectivity index (χ0) is 18.1. The largest absolute Gasteiger partial charge is 0.340 e. The normalized spacial score (nSPS) is 17.6. The van der Waals surface area contributed by atoms with Crippen LogP contribution in [0.2, 0.25) is 0 Å². The van der Waals surface area contributed by atoms with Crippen molar-refractivity contribution >= 4 is 11.6 Å². The Morgan fingerprint density at radius 3 is 2.69 bits per heavy atom. The molecule has 5 nitrogen and oxygen atoms in total. The van der Waals surface area contributed by atoms with E-state index in [1.807, 2.05) is 59.6 Å². The van der Waals surface area contributed by atoms with E-state index in [1.165, 1.54) is 5.56 Å². The first-order valence-corrected chi connectivity index (χ1v) is 8.92. The number of H-pyrrole nitrogens is 1. The Kier molecular flexibility index (Phi) is 4.31. The standard InChI is InChI=1S/C21H22N4O/c1-14(22)21(26)25-18-10-6-5-9-16(18)11-12-19(25)20-23-13-17(24-20)15-7-3-2-4-8-15/h2-10,13-14,19H,11-12,22H2,1H3,(H,23,24). The van der Waals surface area contributed by atoms with E-state index in [2.05, 4.69) is 16.0 Å². The summed E-state index contributed by atoms with van der Waals surface area (Å²) in [6.45, 7) is 1.73. The quantitative estimate of drug-likeness (QED) is 0.763. The van der Waals surface area contributed by atoms with Crippen LogP contribution in [0.15, 0.2) is 60.8 Å². The van der Waals surface area contributed by atoms with Crippen LogP contribution in [0.3, 0.4) is 0 Å². The third kappa shape index (κ3) is 2.91. The van der Waals surface area contributed by atoms with Crippen molar-refractivity contribution in [3.63, 3.8) is 0 Å². The van der Waals surface area contributed by atoms with Crippen LogP contribution in [-0.2, 0) is 11.2 Å². The summed E-state index contributed by atoms with van der Waals surface area (Å²) in [5.41, 5.74) is 10.1. The molecule has 26 heavy (non-hydrogen) atoms. The molecule has 3 N–H and O–H groups in total. The van der Waals surface area contributed by atoms with Gasteiger partial charge in [-0.2, -0.15) is 0 Å². The van der Waals surface area contributed by atoms with E-state index in [1.54, 1.807) is 6.92 Å². The summed E-state index contributed by atoms with van der Waals surface area (Å²) >= 11 is 0. The highest BCUT2D eigenvalue weighted by molar-refractivity contribution is 5.98. The summed E-state index contributed by atoms with van der Waals surface area (Å²) in [6, 6.07) is 17.4. The molecule has 1 aliphatic heterocycles. The molecule has 2 heterocycles. The number of amides is 1. The average Bonchev–Trinajstić information content (AvgIpc) is 3.17. The van der Waals surface area contributed by atoms with Crippen LogP contribution >= 0.6 is 0 Å². The van der Waals surface area contributed by atoms with Gasteiger partial charge in [0.25, 0.3) is 0 Å². The first kappa shape index (κ1) is 16.5. The van der Waals surface area contributed by atoms with Crippen LogP contribution in [0.5, 0.6) is 0 Å². The fourth-order valence-electron chi connectivity index (χ4n) is 3.57. The average molecular weight is 346 g/mol. The topological polar surface area (TPSA) is 75.0 Å². The second kappa shape index (κ2) is 6.77. The van der Waals surface area contributed by atoms with E-state index < -0.39 is 6.04 Å². The summed E-state index contributed by atoms with van der Waals surface area (Å²) in [6.07, 6.45) is 3.56. The Bertz CT molecular complexity index is 917. The molecule has 5 heteroatoms. The third-order valence-corrected chi connectivity index (χ3v) is 4.87. The molecule has 1 amide bonds. The van der Waals surface area contributed by atoms with Crippen molar-refractivity contribution in [1.82, 2.24) is 9.97 Å². The third-order valence-electron chi connectivity index (χ3n) is 4.87. The minimum Gasteiger partial charge on any atom is -0.340 e. The summed E-state index contributed by atoms with van der Waals surface area (Å²) in [5, 5.41) is 0. The zero-order valence-corrected chi connectivity index (χ0v) is 14.7. The van der Waals surface area contributed by atoms with E-state index in [4.69, 9.17) is 5.73 Å². The van der Waals surface area contributed by atoms with Crippen LogP contribution in [0.25, 0.3) is 11.3 Å². The number of anilines is 1. The van der Waals surface area contributed by atoms with Crippen molar-refractivity contribution in [3.8, 4) is 11.3 Å². The molecule has 0 saturated heterocycles. The maximum absolute atomic E-state index is 12.9. The minimum atomic E-state index is -0.563. The number of rotatable bonds is 3. The van der Waals surface area contributed by atoms with Crippen molar-refractivity contribution in [2.24, 2.45) is 5.73 Å². The lowest BCUT2D eigenvalue weighted by atomic mass is 9.94. The molecule has 0 bridgehead atoms. The van der Waals surface area contributed by atoms with Gasteiger partial charge in [-0.1, -0.05) is 48.5 Å². The number of nitrogens with one attached hydrogen (secondary N) is 1. The van der Waals surface area contributed by atoms with Gasteiger partial charge in [0.2, 0.25) is 5.91 Å². The Balaban J connectivity index is 1.73. The second-order valence-electron chi connectivity index (χ2n) is 6.73. The van der Waals surface area contributed by atoms with Crippen LogP contribution in [0.4, 0.5) is 5.69 Å². The lowest BCUT2D eigenvalue weighted by Crippen LogP contribution is -2.46. The van der Waals surface area contributed by atoms with Crippen molar-refractivity contribution < 1.29 is 4.79 Å². The Labute approximate surface area is 152 Å². The SMILES string of the molecule is CC(N)C(=O)N1c2ccccc2CCC1c1ncc(-c2ccccc2)[nH]1. The highest BCUT2D eigenvalue weighted by Gasteiger charge is 2.34. The van der Waals surface area contributed by atoms with Gasteiger partial charge in [0.15, 0.2) is 0 Å². The molecule has 2 unspecified atom stereocenters. The number of hydrogen-bond donors (Lipinski definition) is 2. The molecule has 2 aromatic carbocycles. The number of carbonyl (C=O) groups excluding carboxylic acids is 1. The number of hydrogen-bond acceptors (Lipinski definition) is 3. The van der Waals surface area contributed by atoms with Gasteiger partial charge in [0, 0.05) is 5.69 Å². The molecule has 1 aliphatic rings. The van der Waals surface area contributed by atoms with Crippen LogP contribution in [0.1, 0.15) is 30.8 Å². The van der Waals surface area contributed by atoms with Gasteiger partial charge in [0.1, 0.15) is 5.82 Å². The maximum Gasteiger partial charge on any atom is 0.244 e. The van der Waals surface area contributed by atoms with E-state index in [9.17, 15) is 4.79 Å². The number of benzene rings is 2. The number of nitrogens with two attached hydrogens (primary N) is 1. The first-order chi connectivity index (χ1) is 12.6. The molecule has 0 aliphatic carbocycles. The molecule has 0 saturated carbocycles. The predicted octanol–water partition coefficient (Wildman–Crippen LogP) is 3.44. The van der Waals surface area contributed by atoms with Crippen LogP contribution < -0.4 is 10.6 Å². The summed E-state index contributed by atoms with van der Waals surface area (Å²) in [4.78, 5) is 22.7. The molecular weight excluding hydrogens is 324 g/mol. The maximum atomic E-state index is 12.9. The summed E-state index contributed by atoms with van der Waals surface area (Å²) in [7, 11) is 0. The number of aryl methyl sites for hydroxylation is 1. The Morgan fingerprint density at radius 1 is 1.19 bits per heavy atom. The minimum absolute atomic E-state index is 0.0835. The van der Waals surface area contributed by atoms with Crippen molar-refractivity contribution in [1.29, 1.82) is 0 Å². The van der Waals surface area contributed by atoms with E-state index in [0.717, 1.165) is 35.6 Å². The molecule has 0 fully saturated rings. The number of fused-ring (bicyclic) bond motifs is 1. The number of aromatic amines is 1. The lowest BCUT2D eigenvalue weighted by molar-refractivity contribution is -0.120. The van der Waals surface area contributed by atoms with Gasteiger partial charge in [0.05, 0.1) is 24.0 Å². The molecule has 0 spiro atoms. The van der Waals surface area contributed by atoms with Gasteiger partial charge in [-0.25, -0.2) is 4.98 Å². The van der Waals surface area contributed by atoms with E-state index in [-0.39, 0.29) is 11.9 Å². The van der Waals surface area contributed by atoms with Gasteiger partial charge >= 0.3 is 0 Å². The lowest BCUT2D eigenvalue weighted by Gasteiger charge is -2.37. The van der Waals surface area contributed by atoms with E-state index >= 15 is 0 Å². The van der Waals surface area contributed by atoms with Gasteiger partial charge in [-0.3, -0.25) is 4.79 Å².